The van der Waals surface area contributed by atoms with Crippen LogP contribution in [0.2, 0.25) is 5.02 Å². The summed E-state index contributed by atoms with van der Waals surface area (Å²) in [5, 5.41) is 3.14. The highest BCUT2D eigenvalue weighted by Gasteiger charge is 2.20. The Morgan fingerprint density at radius 3 is 2.75 bits per heavy atom. The quantitative estimate of drug-likeness (QED) is 0.877. The smallest absolute Gasteiger partial charge is 0.328 e. The van der Waals surface area contributed by atoms with Crippen molar-refractivity contribution in [3.8, 4) is 0 Å². The Morgan fingerprint density at radius 1 is 1.33 bits per heavy atom. The monoisotopic (exact) mass is 349 g/mol. The molecule has 2 aromatic rings. The molecule has 0 radical (unpaired) electrons. The number of carbonyl (C=O) groups is 1. The highest BCUT2D eigenvalue weighted by molar-refractivity contribution is 6.30. The average molecular weight is 350 g/mol. The highest BCUT2D eigenvalue weighted by Crippen LogP contribution is 2.14. The van der Waals surface area contributed by atoms with E-state index in [4.69, 9.17) is 16.3 Å². The van der Waals surface area contributed by atoms with Gasteiger partial charge < -0.3 is 15.0 Å². The molecule has 1 unspecified atom stereocenters. The number of hydrogen-bond acceptors (Lipinski definition) is 4. The summed E-state index contributed by atoms with van der Waals surface area (Å²) in [6.45, 7) is 0.754. The molecule has 1 aliphatic heterocycles. The molecule has 1 saturated heterocycles. The minimum absolute atomic E-state index is 0.135. The zero-order valence-electron chi connectivity index (χ0n) is 12.8. The Balaban J connectivity index is 1.84. The fourth-order valence-corrected chi connectivity index (χ4v) is 2.69. The van der Waals surface area contributed by atoms with E-state index in [0.717, 1.165) is 23.6 Å². The maximum absolute atomic E-state index is 12.5. The van der Waals surface area contributed by atoms with Crippen LogP contribution in [0.5, 0.6) is 0 Å². The molecule has 3 rings (SSSR count). The fourth-order valence-electron chi connectivity index (χ4n) is 2.56. The molecule has 7 nitrogen and oxygen atoms in total. The number of aromatic nitrogens is 2. The van der Waals surface area contributed by atoms with E-state index in [0.29, 0.717) is 17.3 Å². The molecule has 0 spiro atoms. The first-order valence-corrected chi connectivity index (χ1v) is 7.93. The van der Waals surface area contributed by atoms with Crippen LogP contribution < -0.4 is 16.6 Å². The van der Waals surface area contributed by atoms with Gasteiger partial charge in [-0.05, 0) is 37.1 Å². The molecule has 2 N–H and O–H groups in total. The van der Waals surface area contributed by atoms with Gasteiger partial charge in [-0.25, -0.2) is 4.79 Å². The van der Waals surface area contributed by atoms with Crippen LogP contribution in [0.25, 0.3) is 0 Å². The van der Waals surface area contributed by atoms with Gasteiger partial charge in [0.05, 0.1) is 12.6 Å². The summed E-state index contributed by atoms with van der Waals surface area (Å²) >= 11 is 5.79. The van der Waals surface area contributed by atoms with Crippen molar-refractivity contribution in [3.05, 3.63) is 61.9 Å². The van der Waals surface area contributed by atoms with Gasteiger partial charge in [0.1, 0.15) is 5.56 Å². The zero-order valence-corrected chi connectivity index (χ0v) is 13.5. The Morgan fingerprint density at radius 2 is 2.08 bits per heavy atom. The van der Waals surface area contributed by atoms with Gasteiger partial charge in [-0.3, -0.25) is 14.2 Å². The van der Waals surface area contributed by atoms with Gasteiger partial charge in [-0.15, -0.1) is 0 Å². The van der Waals surface area contributed by atoms with Gasteiger partial charge in [0, 0.05) is 23.5 Å². The second-order valence-corrected chi connectivity index (χ2v) is 5.96. The molecule has 1 aliphatic rings. The Hall–Kier alpha value is -2.38. The van der Waals surface area contributed by atoms with Crippen LogP contribution in [0, 0.1) is 0 Å². The summed E-state index contributed by atoms with van der Waals surface area (Å²) in [5.74, 6) is -0.598. The number of anilines is 1. The van der Waals surface area contributed by atoms with E-state index < -0.39 is 17.2 Å². The number of halogens is 1. The molecule has 8 heteroatoms. The van der Waals surface area contributed by atoms with Crippen LogP contribution in [0.15, 0.2) is 40.1 Å². The summed E-state index contributed by atoms with van der Waals surface area (Å²) in [4.78, 5) is 39.1. The Labute approximate surface area is 142 Å². The molecule has 24 heavy (non-hydrogen) atoms. The number of nitrogens with zero attached hydrogens (tertiary/aromatic N) is 1. The maximum atomic E-state index is 12.5. The number of aromatic amines is 1. The van der Waals surface area contributed by atoms with Crippen LogP contribution in [0.3, 0.4) is 0 Å². The standard InChI is InChI=1S/C16H16ClN3O4/c17-10-3-5-11(6-4-10)19-14(21)13-8-18-16(23)20(15(13)22)9-12-2-1-7-24-12/h3-6,8,12H,1-2,7,9H2,(H,18,23)(H,19,21). The lowest BCUT2D eigenvalue weighted by molar-refractivity contribution is 0.0941. The van der Waals surface area contributed by atoms with Crippen molar-refractivity contribution in [1.82, 2.24) is 9.55 Å². The van der Waals surface area contributed by atoms with Crippen molar-refractivity contribution in [2.75, 3.05) is 11.9 Å². The summed E-state index contributed by atoms with van der Waals surface area (Å²) in [7, 11) is 0. The normalized spacial score (nSPS) is 17.0. The first-order chi connectivity index (χ1) is 11.5. The molecule has 126 valence electrons. The second-order valence-electron chi connectivity index (χ2n) is 5.52. The molecular formula is C16H16ClN3O4. The molecule has 1 aromatic carbocycles. The number of nitrogens with one attached hydrogen (secondary N) is 2. The molecule has 1 atom stereocenters. The third-order valence-electron chi connectivity index (χ3n) is 3.82. The Bertz CT molecular complexity index is 851. The lowest BCUT2D eigenvalue weighted by Crippen LogP contribution is -2.41. The van der Waals surface area contributed by atoms with E-state index >= 15 is 0 Å². The predicted molar refractivity (Wildman–Crippen MR) is 89.7 cm³/mol. The van der Waals surface area contributed by atoms with Crippen LogP contribution in [-0.2, 0) is 11.3 Å². The largest absolute Gasteiger partial charge is 0.376 e. The van der Waals surface area contributed by atoms with Gasteiger partial charge in [-0.2, -0.15) is 0 Å². The lowest BCUT2D eigenvalue weighted by Gasteiger charge is -2.12. The molecule has 1 amide bonds. The third kappa shape index (κ3) is 3.58. The fraction of sp³-hybridized carbons (Fsp3) is 0.312. The first kappa shape index (κ1) is 16.5. The van der Waals surface area contributed by atoms with Crippen molar-refractivity contribution in [2.24, 2.45) is 0 Å². The SMILES string of the molecule is O=C(Nc1ccc(Cl)cc1)c1c[nH]c(=O)n(CC2CCCO2)c1=O. The topological polar surface area (TPSA) is 93.2 Å². The van der Waals surface area contributed by atoms with Crippen molar-refractivity contribution in [2.45, 2.75) is 25.5 Å². The van der Waals surface area contributed by atoms with Crippen LogP contribution in [0.4, 0.5) is 5.69 Å². The molecule has 1 aromatic heterocycles. The summed E-state index contributed by atoms with van der Waals surface area (Å²) in [6.07, 6.45) is 2.63. The number of H-pyrrole nitrogens is 1. The van der Waals surface area contributed by atoms with E-state index in [9.17, 15) is 14.4 Å². The molecule has 0 bridgehead atoms. The van der Waals surface area contributed by atoms with Crippen LogP contribution >= 0.6 is 11.6 Å². The minimum atomic E-state index is -0.638. The number of benzene rings is 1. The minimum Gasteiger partial charge on any atom is -0.376 e. The predicted octanol–water partition coefficient (Wildman–Crippen LogP) is 1.62. The molecular weight excluding hydrogens is 334 g/mol. The number of amides is 1. The number of rotatable bonds is 4. The summed E-state index contributed by atoms with van der Waals surface area (Å²) < 4.78 is 6.46. The van der Waals surface area contributed by atoms with Crippen molar-refractivity contribution in [3.63, 3.8) is 0 Å². The van der Waals surface area contributed by atoms with Crippen molar-refractivity contribution in [1.29, 1.82) is 0 Å². The zero-order chi connectivity index (χ0) is 17.1. The average Bonchev–Trinajstić information content (AvgIpc) is 3.06. The third-order valence-corrected chi connectivity index (χ3v) is 4.07. The van der Waals surface area contributed by atoms with Crippen LogP contribution in [-0.4, -0.2) is 28.2 Å². The molecule has 2 heterocycles. The first-order valence-electron chi connectivity index (χ1n) is 7.55. The maximum Gasteiger partial charge on any atom is 0.328 e. The van der Waals surface area contributed by atoms with Gasteiger partial charge >= 0.3 is 5.69 Å². The van der Waals surface area contributed by atoms with E-state index in [1.807, 2.05) is 0 Å². The molecule has 0 aliphatic carbocycles. The molecule has 1 fully saturated rings. The molecule has 0 saturated carbocycles. The van der Waals surface area contributed by atoms with Crippen LogP contribution in [0.1, 0.15) is 23.2 Å². The number of ether oxygens (including phenoxy) is 1. The van der Waals surface area contributed by atoms with Crippen molar-refractivity contribution < 1.29 is 9.53 Å². The van der Waals surface area contributed by atoms with Gasteiger partial charge in [0.15, 0.2) is 0 Å². The van der Waals surface area contributed by atoms with E-state index in [1.165, 1.54) is 0 Å². The van der Waals surface area contributed by atoms with Gasteiger partial charge in [-0.1, -0.05) is 11.6 Å². The van der Waals surface area contributed by atoms with E-state index in [2.05, 4.69) is 10.3 Å². The van der Waals surface area contributed by atoms with Gasteiger partial charge in [0.2, 0.25) is 0 Å². The van der Waals surface area contributed by atoms with E-state index in [-0.39, 0.29) is 18.2 Å². The van der Waals surface area contributed by atoms with Gasteiger partial charge in [0.25, 0.3) is 11.5 Å². The Kier molecular flexibility index (Phi) is 4.82. The van der Waals surface area contributed by atoms with E-state index in [1.54, 1.807) is 24.3 Å². The number of hydrogen-bond donors (Lipinski definition) is 2. The summed E-state index contributed by atoms with van der Waals surface area (Å²) in [5.41, 5.74) is -0.831. The summed E-state index contributed by atoms with van der Waals surface area (Å²) in [6, 6.07) is 6.49. The van der Waals surface area contributed by atoms with Crippen molar-refractivity contribution >= 4 is 23.2 Å². The number of carbonyl (C=O) groups excluding carboxylic acids is 1. The second kappa shape index (κ2) is 7.02. The lowest BCUT2D eigenvalue weighted by atomic mass is 10.2. The highest BCUT2D eigenvalue weighted by atomic mass is 35.5.